The first-order valence-corrected chi connectivity index (χ1v) is 4.52. The van der Waals surface area contributed by atoms with Crippen LogP contribution in [-0.2, 0) is 9.53 Å². The van der Waals surface area contributed by atoms with Crippen molar-refractivity contribution in [1.82, 2.24) is 4.90 Å². The van der Waals surface area contributed by atoms with Crippen LogP contribution in [0.25, 0.3) is 0 Å². The van der Waals surface area contributed by atoms with Crippen molar-refractivity contribution in [3.8, 4) is 0 Å². The molecule has 1 rings (SSSR count). The molecule has 0 aromatic carbocycles. The summed E-state index contributed by atoms with van der Waals surface area (Å²) in [5, 5.41) is 9.38. The van der Waals surface area contributed by atoms with Gasteiger partial charge in [-0.05, 0) is 20.8 Å². The maximum Gasteiger partial charge on any atom is 0.248 e. The average molecular weight is 187 g/mol. The fourth-order valence-electron chi connectivity index (χ4n) is 1.28. The van der Waals surface area contributed by atoms with Crippen LogP contribution in [0.5, 0.6) is 0 Å². The van der Waals surface area contributed by atoms with Crippen molar-refractivity contribution in [3.63, 3.8) is 0 Å². The Morgan fingerprint density at radius 2 is 2.15 bits per heavy atom. The predicted molar refractivity (Wildman–Crippen MR) is 48.3 cm³/mol. The van der Waals surface area contributed by atoms with Crippen molar-refractivity contribution in [1.29, 1.82) is 0 Å². The molecule has 0 radical (unpaired) electrons. The second-order valence-corrected chi connectivity index (χ2v) is 4.11. The van der Waals surface area contributed by atoms with Gasteiger partial charge in [-0.25, -0.2) is 0 Å². The number of aliphatic hydroxyl groups is 1. The van der Waals surface area contributed by atoms with E-state index in [1.807, 2.05) is 13.8 Å². The molecule has 1 aliphatic rings. The van der Waals surface area contributed by atoms with E-state index in [-0.39, 0.29) is 18.6 Å². The van der Waals surface area contributed by atoms with Crippen molar-refractivity contribution in [2.75, 3.05) is 19.7 Å². The minimum atomic E-state index is -0.687. The smallest absolute Gasteiger partial charge is 0.248 e. The van der Waals surface area contributed by atoms with Crippen LogP contribution in [0.3, 0.4) is 0 Å². The summed E-state index contributed by atoms with van der Waals surface area (Å²) in [6.07, 6.45) is 0.0748. The van der Waals surface area contributed by atoms with E-state index < -0.39 is 5.60 Å². The molecule has 1 fully saturated rings. The van der Waals surface area contributed by atoms with E-state index in [0.717, 1.165) is 0 Å². The lowest BCUT2D eigenvalue weighted by Gasteiger charge is -2.44. The Labute approximate surface area is 78.5 Å². The summed E-state index contributed by atoms with van der Waals surface area (Å²) < 4.78 is 5.16. The molecule has 76 valence electrons. The van der Waals surface area contributed by atoms with Crippen LogP contribution in [0.4, 0.5) is 0 Å². The number of carbonyl (C=O) groups is 1. The third-order valence-electron chi connectivity index (χ3n) is 1.96. The van der Waals surface area contributed by atoms with Gasteiger partial charge in [-0.15, -0.1) is 0 Å². The molecule has 4 nitrogen and oxygen atoms in total. The SMILES string of the molecule is CC(C)OCC(=O)N1CC(C)(O)C1. The van der Waals surface area contributed by atoms with Crippen LogP contribution in [-0.4, -0.2) is 47.3 Å². The fraction of sp³-hybridized carbons (Fsp3) is 0.889. The molecule has 0 atom stereocenters. The highest BCUT2D eigenvalue weighted by atomic mass is 16.5. The standard InChI is InChI=1S/C9H17NO3/c1-7(2)13-4-8(11)10-5-9(3,12)6-10/h7,12H,4-6H2,1-3H3. The van der Waals surface area contributed by atoms with Crippen LogP contribution in [0.2, 0.25) is 0 Å². The van der Waals surface area contributed by atoms with Gasteiger partial charge in [0.25, 0.3) is 0 Å². The van der Waals surface area contributed by atoms with Crippen molar-refractivity contribution in [3.05, 3.63) is 0 Å². The maximum atomic E-state index is 11.3. The zero-order chi connectivity index (χ0) is 10.1. The van der Waals surface area contributed by atoms with Gasteiger partial charge in [-0.2, -0.15) is 0 Å². The third kappa shape index (κ3) is 2.97. The largest absolute Gasteiger partial charge is 0.386 e. The summed E-state index contributed by atoms with van der Waals surface area (Å²) in [7, 11) is 0. The fourth-order valence-corrected chi connectivity index (χ4v) is 1.28. The van der Waals surface area contributed by atoms with Crippen LogP contribution in [0.1, 0.15) is 20.8 Å². The summed E-state index contributed by atoms with van der Waals surface area (Å²) in [4.78, 5) is 12.9. The number of amides is 1. The van der Waals surface area contributed by atoms with Gasteiger partial charge in [0.15, 0.2) is 0 Å². The lowest BCUT2D eigenvalue weighted by molar-refractivity contribution is -0.158. The van der Waals surface area contributed by atoms with Crippen molar-refractivity contribution < 1.29 is 14.6 Å². The minimum absolute atomic E-state index is 0.0415. The minimum Gasteiger partial charge on any atom is -0.386 e. The number of rotatable bonds is 3. The van der Waals surface area contributed by atoms with E-state index in [2.05, 4.69) is 0 Å². The average Bonchev–Trinajstić information content (AvgIpc) is 1.95. The Hall–Kier alpha value is -0.610. The second-order valence-electron chi connectivity index (χ2n) is 4.11. The van der Waals surface area contributed by atoms with E-state index in [0.29, 0.717) is 13.1 Å². The molecule has 0 aliphatic carbocycles. The molecular weight excluding hydrogens is 170 g/mol. The van der Waals surface area contributed by atoms with E-state index in [1.54, 1.807) is 11.8 Å². The van der Waals surface area contributed by atoms with Crippen molar-refractivity contribution in [2.24, 2.45) is 0 Å². The number of ether oxygens (including phenoxy) is 1. The predicted octanol–water partition coefficient (Wildman–Crippen LogP) is 0.00460. The van der Waals surface area contributed by atoms with Gasteiger partial charge in [-0.1, -0.05) is 0 Å². The first-order chi connectivity index (χ1) is 5.91. The molecule has 0 aromatic rings. The monoisotopic (exact) mass is 187 g/mol. The van der Waals surface area contributed by atoms with Gasteiger partial charge in [0.1, 0.15) is 6.61 Å². The summed E-state index contributed by atoms with van der Waals surface area (Å²) in [6.45, 7) is 6.47. The molecule has 0 spiro atoms. The normalized spacial score (nSPS) is 20.2. The summed E-state index contributed by atoms with van der Waals surface area (Å²) in [6, 6.07) is 0. The quantitative estimate of drug-likeness (QED) is 0.677. The molecule has 1 N–H and O–H groups in total. The van der Waals surface area contributed by atoms with Gasteiger partial charge in [0, 0.05) is 0 Å². The third-order valence-corrected chi connectivity index (χ3v) is 1.96. The summed E-state index contributed by atoms with van der Waals surface area (Å²) in [5.74, 6) is -0.0415. The molecule has 1 saturated heterocycles. The lowest BCUT2D eigenvalue weighted by Crippen LogP contribution is -2.62. The highest BCUT2D eigenvalue weighted by molar-refractivity contribution is 5.78. The number of β-amino-alcohol motifs (C(OH)–C–C–N with tert-alkyl or cyclic N) is 1. The second kappa shape index (κ2) is 3.64. The van der Waals surface area contributed by atoms with E-state index >= 15 is 0 Å². The molecule has 1 amide bonds. The maximum absolute atomic E-state index is 11.3. The Morgan fingerprint density at radius 3 is 2.54 bits per heavy atom. The molecule has 0 bridgehead atoms. The van der Waals surface area contributed by atoms with Crippen molar-refractivity contribution >= 4 is 5.91 Å². The zero-order valence-corrected chi connectivity index (χ0v) is 8.41. The number of hydrogen-bond acceptors (Lipinski definition) is 3. The number of carbonyl (C=O) groups excluding carboxylic acids is 1. The van der Waals surface area contributed by atoms with E-state index in [9.17, 15) is 9.90 Å². The molecule has 0 aromatic heterocycles. The number of hydrogen-bond donors (Lipinski definition) is 1. The van der Waals surface area contributed by atoms with E-state index in [1.165, 1.54) is 0 Å². The van der Waals surface area contributed by atoms with E-state index in [4.69, 9.17) is 4.74 Å². The van der Waals surface area contributed by atoms with Gasteiger partial charge >= 0.3 is 0 Å². The topological polar surface area (TPSA) is 49.8 Å². The highest BCUT2D eigenvalue weighted by Gasteiger charge is 2.39. The highest BCUT2D eigenvalue weighted by Crippen LogP contribution is 2.19. The Balaban J connectivity index is 2.20. The number of likely N-dealkylation sites (tertiary alicyclic amines) is 1. The van der Waals surface area contributed by atoms with Crippen molar-refractivity contribution in [2.45, 2.75) is 32.5 Å². The zero-order valence-electron chi connectivity index (χ0n) is 8.41. The Bertz CT molecular complexity index is 193. The number of nitrogens with zero attached hydrogens (tertiary/aromatic N) is 1. The van der Waals surface area contributed by atoms with Gasteiger partial charge in [-0.3, -0.25) is 4.79 Å². The molecule has 0 saturated carbocycles. The summed E-state index contributed by atoms with van der Waals surface area (Å²) >= 11 is 0. The Morgan fingerprint density at radius 1 is 1.62 bits per heavy atom. The lowest BCUT2D eigenvalue weighted by atomic mass is 9.97. The first-order valence-electron chi connectivity index (χ1n) is 4.52. The molecule has 1 heterocycles. The summed E-state index contributed by atoms with van der Waals surface area (Å²) in [5.41, 5.74) is -0.687. The molecular formula is C9H17NO3. The Kier molecular flexibility index (Phi) is 2.93. The van der Waals surface area contributed by atoms with Crippen LogP contribution < -0.4 is 0 Å². The molecule has 0 unspecified atom stereocenters. The van der Waals surface area contributed by atoms with Crippen LogP contribution >= 0.6 is 0 Å². The van der Waals surface area contributed by atoms with Gasteiger partial charge in [0.2, 0.25) is 5.91 Å². The first kappa shape index (κ1) is 10.5. The van der Waals surface area contributed by atoms with Gasteiger partial charge in [0.05, 0.1) is 24.8 Å². The van der Waals surface area contributed by atoms with Crippen LogP contribution in [0.15, 0.2) is 0 Å². The molecule has 4 heteroatoms. The molecule has 13 heavy (non-hydrogen) atoms. The van der Waals surface area contributed by atoms with Gasteiger partial charge < -0.3 is 14.7 Å². The molecule has 1 aliphatic heterocycles. The van der Waals surface area contributed by atoms with Crippen LogP contribution in [0, 0.1) is 0 Å².